The molecule has 3 nitrogen and oxygen atoms in total. The van der Waals surface area contributed by atoms with Gasteiger partial charge in [0.25, 0.3) is 0 Å². The van der Waals surface area contributed by atoms with Crippen molar-refractivity contribution in [3.8, 4) is 11.5 Å². The number of hydrogen-bond acceptors (Lipinski definition) is 3. The highest BCUT2D eigenvalue weighted by Crippen LogP contribution is 2.30. The SMILES string of the molecule is CC(C)c1cnc(N)c(Oc2ccc(F)cc2F)c1. The van der Waals surface area contributed by atoms with Crippen LogP contribution < -0.4 is 10.5 Å². The molecule has 2 N–H and O–H groups in total. The minimum absolute atomic E-state index is 0.0872. The molecular weight excluding hydrogens is 250 g/mol. The molecule has 0 fully saturated rings. The quantitative estimate of drug-likeness (QED) is 0.915. The number of hydrogen-bond donors (Lipinski definition) is 1. The van der Waals surface area contributed by atoms with E-state index < -0.39 is 11.6 Å². The number of nitrogen functional groups attached to an aromatic ring is 1. The number of aromatic nitrogens is 1. The molecule has 100 valence electrons. The van der Waals surface area contributed by atoms with Crippen molar-refractivity contribution in [3.05, 3.63) is 47.7 Å². The van der Waals surface area contributed by atoms with E-state index in [0.29, 0.717) is 0 Å². The summed E-state index contributed by atoms with van der Waals surface area (Å²) in [5.74, 6) is -0.865. The van der Waals surface area contributed by atoms with Crippen LogP contribution in [-0.2, 0) is 0 Å². The summed E-state index contributed by atoms with van der Waals surface area (Å²) < 4.78 is 31.7. The maximum Gasteiger partial charge on any atom is 0.169 e. The fourth-order valence-corrected chi connectivity index (χ4v) is 1.54. The van der Waals surface area contributed by atoms with Gasteiger partial charge in [0.1, 0.15) is 5.82 Å². The van der Waals surface area contributed by atoms with E-state index in [2.05, 4.69) is 4.98 Å². The van der Waals surface area contributed by atoms with Crippen molar-refractivity contribution in [2.45, 2.75) is 19.8 Å². The molecular formula is C14H14F2N2O. The summed E-state index contributed by atoms with van der Waals surface area (Å²) in [5, 5.41) is 0. The Bertz CT molecular complexity index is 600. The van der Waals surface area contributed by atoms with E-state index in [4.69, 9.17) is 10.5 Å². The maximum absolute atomic E-state index is 13.5. The van der Waals surface area contributed by atoms with Crippen molar-refractivity contribution in [3.63, 3.8) is 0 Å². The lowest BCUT2D eigenvalue weighted by Gasteiger charge is -2.11. The van der Waals surface area contributed by atoms with Gasteiger partial charge >= 0.3 is 0 Å². The van der Waals surface area contributed by atoms with E-state index in [1.54, 1.807) is 12.3 Å². The highest BCUT2D eigenvalue weighted by atomic mass is 19.1. The molecule has 5 heteroatoms. The predicted molar refractivity (Wildman–Crippen MR) is 69.2 cm³/mol. The standard InChI is InChI=1S/C14H14F2N2O/c1-8(2)9-5-13(14(17)18-7-9)19-12-4-3-10(15)6-11(12)16/h3-8H,1-2H3,(H2,17,18). The van der Waals surface area contributed by atoms with Gasteiger partial charge in [-0.1, -0.05) is 13.8 Å². The van der Waals surface area contributed by atoms with E-state index in [1.165, 1.54) is 6.07 Å². The Hall–Kier alpha value is -2.17. The first kappa shape index (κ1) is 13.3. The lowest BCUT2D eigenvalue weighted by Crippen LogP contribution is -1.99. The fraction of sp³-hybridized carbons (Fsp3) is 0.214. The molecule has 0 saturated heterocycles. The average Bonchev–Trinajstić information content (AvgIpc) is 2.34. The van der Waals surface area contributed by atoms with Gasteiger partial charge in [-0.2, -0.15) is 0 Å². The Kier molecular flexibility index (Phi) is 3.64. The Balaban J connectivity index is 2.34. The summed E-state index contributed by atoms with van der Waals surface area (Å²) in [6, 6.07) is 4.79. The molecule has 2 rings (SSSR count). The summed E-state index contributed by atoms with van der Waals surface area (Å²) >= 11 is 0. The minimum Gasteiger partial charge on any atom is -0.450 e. The van der Waals surface area contributed by atoms with E-state index in [1.807, 2.05) is 13.8 Å². The minimum atomic E-state index is -0.783. The zero-order valence-electron chi connectivity index (χ0n) is 10.7. The summed E-state index contributed by atoms with van der Waals surface area (Å²) in [6.07, 6.45) is 1.65. The van der Waals surface area contributed by atoms with Crippen LogP contribution in [0.25, 0.3) is 0 Å². The molecule has 0 saturated carbocycles. The topological polar surface area (TPSA) is 48.1 Å². The van der Waals surface area contributed by atoms with E-state index in [9.17, 15) is 8.78 Å². The molecule has 0 spiro atoms. The van der Waals surface area contributed by atoms with Gasteiger partial charge in [0.2, 0.25) is 0 Å². The Morgan fingerprint density at radius 1 is 1.16 bits per heavy atom. The van der Waals surface area contributed by atoms with Crippen molar-refractivity contribution < 1.29 is 13.5 Å². The number of benzene rings is 1. The van der Waals surface area contributed by atoms with Gasteiger partial charge < -0.3 is 10.5 Å². The highest BCUT2D eigenvalue weighted by Gasteiger charge is 2.11. The van der Waals surface area contributed by atoms with Crippen LogP contribution in [0.15, 0.2) is 30.5 Å². The van der Waals surface area contributed by atoms with E-state index in [-0.39, 0.29) is 23.2 Å². The van der Waals surface area contributed by atoms with Crippen molar-refractivity contribution in [1.82, 2.24) is 4.98 Å². The van der Waals surface area contributed by atoms with Crippen LogP contribution in [0.1, 0.15) is 25.3 Å². The zero-order chi connectivity index (χ0) is 14.0. The number of rotatable bonds is 3. The summed E-state index contributed by atoms with van der Waals surface area (Å²) in [4.78, 5) is 4.00. The van der Waals surface area contributed by atoms with Crippen LogP contribution in [0.2, 0.25) is 0 Å². The molecule has 1 heterocycles. The third-order valence-corrected chi connectivity index (χ3v) is 2.68. The van der Waals surface area contributed by atoms with Crippen LogP contribution in [-0.4, -0.2) is 4.98 Å². The number of halogens is 2. The number of pyridine rings is 1. The molecule has 0 aliphatic carbocycles. The lowest BCUT2D eigenvalue weighted by atomic mass is 10.1. The van der Waals surface area contributed by atoms with Crippen molar-refractivity contribution in [1.29, 1.82) is 0 Å². The number of anilines is 1. The normalized spacial score (nSPS) is 10.8. The molecule has 0 aliphatic rings. The predicted octanol–water partition coefficient (Wildman–Crippen LogP) is 3.86. The first-order chi connectivity index (χ1) is 8.97. The molecule has 0 amide bonds. The Morgan fingerprint density at radius 3 is 2.53 bits per heavy atom. The van der Waals surface area contributed by atoms with Crippen molar-refractivity contribution in [2.24, 2.45) is 0 Å². The van der Waals surface area contributed by atoms with Crippen LogP contribution in [0.5, 0.6) is 11.5 Å². The largest absolute Gasteiger partial charge is 0.450 e. The second-order valence-electron chi connectivity index (χ2n) is 4.48. The zero-order valence-corrected chi connectivity index (χ0v) is 10.7. The second-order valence-corrected chi connectivity index (χ2v) is 4.48. The van der Waals surface area contributed by atoms with Crippen molar-refractivity contribution in [2.75, 3.05) is 5.73 Å². The second kappa shape index (κ2) is 5.22. The molecule has 2 aromatic rings. The average molecular weight is 264 g/mol. The smallest absolute Gasteiger partial charge is 0.169 e. The van der Waals surface area contributed by atoms with E-state index >= 15 is 0 Å². The molecule has 1 aromatic heterocycles. The van der Waals surface area contributed by atoms with Gasteiger partial charge in [-0.15, -0.1) is 0 Å². The highest BCUT2D eigenvalue weighted by molar-refractivity contribution is 5.49. The summed E-state index contributed by atoms with van der Waals surface area (Å²) in [6.45, 7) is 3.99. The molecule has 0 bridgehead atoms. The molecule has 1 aromatic carbocycles. The molecule has 0 radical (unpaired) electrons. The third kappa shape index (κ3) is 2.99. The monoisotopic (exact) mass is 264 g/mol. The fourth-order valence-electron chi connectivity index (χ4n) is 1.54. The van der Waals surface area contributed by atoms with Crippen LogP contribution in [0.4, 0.5) is 14.6 Å². The van der Waals surface area contributed by atoms with E-state index in [0.717, 1.165) is 17.7 Å². The van der Waals surface area contributed by atoms with Gasteiger partial charge in [-0.05, 0) is 29.7 Å². The molecule has 0 unspecified atom stereocenters. The number of ether oxygens (including phenoxy) is 1. The van der Waals surface area contributed by atoms with Crippen LogP contribution >= 0.6 is 0 Å². The first-order valence-corrected chi connectivity index (χ1v) is 5.85. The van der Waals surface area contributed by atoms with Gasteiger partial charge in [0.15, 0.2) is 23.1 Å². The molecule has 19 heavy (non-hydrogen) atoms. The summed E-state index contributed by atoms with van der Waals surface area (Å²) in [5.41, 5.74) is 6.61. The van der Waals surface area contributed by atoms with Gasteiger partial charge in [-0.3, -0.25) is 0 Å². The number of nitrogens with zero attached hydrogens (tertiary/aromatic N) is 1. The van der Waals surface area contributed by atoms with Gasteiger partial charge in [0, 0.05) is 12.3 Å². The van der Waals surface area contributed by atoms with Gasteiger partial charge in [-0.25, -0.2) is 13.8 Å². The Labute approximate surface area is 110 Å². The van der Waals surface area contributed by atoms with Crippen LogP contribution in [0.3, 0.4) is 0 Å². The van der Waals surface area contributed by atoms with Gasteiger partial charge in [0.05, 0.1) is 0 Å². The van der Waals surface area contributed by atoms with Crippen LogP contribution in [0, 0.1) is 11.6 Å². The summed E-state index contributed by atoms with van der Waals surface area (Å²) in [7, 11) is 0. The molecule has 0 aliphatic heterocycles. The first-order valence-electron chi connectivity index (χ1n) is 5.85. The van der Waals surface area contributed by atoms with Crippen molar-refractivity contribution >= 4 is 5.82 Å². The Morgan fingerprint density at radius 2 is 1.89 bits per heavy atom. The number of nitrogens with two attached hydrogens (primary N) is 1. The lowest BCUT2D eigenvalue weighted by molar-refractivity contribution is 0.437. The third-order valence-electron chi connectivity index (χ3n) is 2.68. The molecule has 0 atom stereocenters. The maximum atomic E-state index is 13.5.